The molecule has 1 aromatic carbocycles. The second-order valence-electron chi connectivity index (χ2n) is 5.08. The van der Waals surface area contributed by atoms with E-state index in [2.05, 4.69) is 34.8 Å². The minimum absolute atomic E-state index is 0.318. The predicted octanol–water partition coefficient (Wildman–Crippen LogP) is 2.03. The number of carbonyl (C=O) groups is 2. The molecule has 0 aromatic heterocycles. The predicted molar refractivity (Wildman–Crippen MR) is 84.9 cm³/mol. The summed E-state index contributed by atoms with van der Waals surface area (Å²) in [5.74, 6) is -0.609. The molecule has 108 valence electrons. The molecule has 0 bridgehead atoms. The molecular formula is C14H18IN2O3+. The maximum atomic E-state index is 11.6. The van der Waals surface area contributed by atoms with Gasteiger partial charge >= 0.3 is 6.09 Å². The molecule has 1 rings (SSSR count). The Labute approximate surface area is 132 Å². The fraction of sp³-hybridized carbons (Fsp3) is 0.357. The first kappa shape index (κ1) is 16.6. The summed E-state index contributed by atoms with van der Waals surface area (Å²) in [6.07, 6.45) is -0.391. The number of amides is 2. The van der Waals surface area contributed by atoms with Gasteiger partial charge in [-0.25, -0.2) is 4.79 Å². The van der Waals surface area contributed by atoms with E-state index in [1.165, 1.54) is 0 Å². The lowest BCUT2D eigenvalue weighted by Crippen LogP contribution is -2.47. The quantitative estimate of drug-likeness (QED) is 0.597. The van der Waals surface area contributed by atoms with Gasteiger partial charge in [0.25, 0.3) is 0 Å². The molecule has 0 spiro atoms. The minimum Gasteiger partial charge on any atom is -0.403 e. The number of primary amides is 1. The number of carbonyl (C=O) groups excluding carboxylic acids is 2. The summed E-state index contributed by atoms with van der Waals surface area (Å²) in [5.41, 5.74) is 5.34. The summed E-state index contributed by atoms with van der Waals surface area (Å²) in [5, 5.41) is 2.46. The van der Waals surface area contributed by atoms with Crippen molar-refractivity contribution in [2.45, 2.75) is 31.9 Å². The van der Waals surface area contributed by atoms with Gasteiger partial charge in [0.05, 0.1) is 0 Å². The molecular weight excluding hydrogens is 371 g/mol. The van der Waals surface area contributed by atoms with E-state index in [9.17, 15) is 9.59 Å². The summed E-state index contributed by atoms with van der Waals surface area (Å²) >= 11 is 2.19. The third-order valence-corrected chi connectivity index (χ3v) is 3.08. The Balaban J connectivity index is 2.68. The molecule has 0 aliphatic rings. The van der Waals surface area contributed by atoms with Crippen LogP contribution in [0.4, 0.5) is 4.79 Å². The Hall–Kier alpha value is -1.44. The highest BCUT2D eigenvalue weighted by molar-refractivity contribution is 14.1. The molecule has 6 heteroatoms. The summed E-state index contributed by atoms with van der Waals surface area (Å²) in [7, 11) is 0. The molecule has 2 amide bonds. The van der Waals surface area contributed by atoms with Gasteiger partial charge in [-0.2, -0.15) is 0 Å². The molecule has 0 radical (unpaired) electrons. The monoisotopic (exact) mass is 389 g/mol. The topological polar surface area (TPSA) is 81.4 Å². The summed E-state index contributed by atoms with van der Waals surface area (Å²) in [6.45, 7) is 6.94. The van der Waals surface area contributed by atoms with E-state index < -0.39 is 23.6 Å². The highest BCUT2D eigenvalue weighted by Crippen LogP contribution is 2.10. The highest BCUT2D eigenvalue weighted by atomic mass is 127. The van der Waals surface area contributed by atoms with E-state index in [-0.39, 0.29) is 0 Å². The molecule has 0 unspecified atom stereocenters. The van der Waals surface area contributed by atoms with Gasteiger partial charge in [-0.1, -0.05) is 12.1 Å². The lowest BCUT2D eigenvalue weighted by Gasteiger charge is -2.18. The Morgan fingerprint density at radius 2 is 1.95 bits per heavy atom. The number of alkyl carbamates (subject to hydrolysis) is 1. The van der Waals surface area contributed by atoms with Crippen molar-refractivity contribution in [1.82, 2.24) is 5.32 Å². The van der Waals surface area contributed by atoms with Gasteiger partial charge in [0.1, 0.15) is 13.0 Å². The second-order valence-corrected chi connectivity index (χ2v) is 6.32. The largest absolute Gasteiger partial charge is 0.411 e. The van der Waals surface area contributed by atoms with Crippen LogP contribution in [0.15, 0.2) is 24.3 Å². The number of benzene rings is 1. The fourth-order valence-corrected chi connectivity index (χ4v) is 1.86. The zero-order valence-corrected chi connectivity index (χ0v) is 13.6. The number of halogens is 1. The van der Waals surface area contributed by atoms with E-state index in [0.717, 1.165) is 9.13 Å². The first-order chi connectivity index (χ1) is 9.17. The Morgan fingerprint density at radius 3 is 2.40 bits per heavy atom. The van der Waals surface area contributed by atoms with Crippen LogP contribution in [0.2, 0.25) is 0 Å². The number of nitrogens with two attached hydrogens (primary N) is 1. The van der Waals surface area contributed by atoms with Crippen molar-refractivity contribution in [3.8, 4) is 0 Å². The van der Waals surface area contributed by atoms with Crippen molar-refractivity contribution in [2.24, 2.45) is 5.73 Å². The Morgan fingerprint density at radius 1 is 1.40 bits per heavy atom. The van der Waals surface area contributed by atoms with E-state index in [1.54, 1.807) is 13.8 Å². The van der Waals surface area contributed by atoms with Crippen LogP contribution in [-0.4, -0.2) is 23.6 Å². The molecule has 5 nitrogen and oxygen atoms in total. The number of hydrogen-bond acceptors (Lipinski definition) is 3. The Bertz CT molecular complexity index is 480. The average molecular weight is 389 g/mol. The lowest BCUT2D eigenvalue weighted by atomic mass is 10.1. The standard InChI is InChI=1S/C14H17IN2O3/c1-14(2,3)20-13(19)17-11(12(16)18)8-9-4-6-10(15)7-5-9/h4-7,11H,1,8H2,2-3H3,(H2-,16,17,18,19)/p+1/t11-/m1/s1. The third-order valence-electron chi connectivity index (χ3n) is 2.36. The number of hydrogen-bond donors (Lipinski definition) is 2. The minimum atomic E-state index is -0.866. The second kappa shape index (κ2) is 6.83. The molecule has 1 aromatic rings. The van der Waals surface area contributed by atoms with E-state index in [0.29, 0.717) is 6.42 Å². The van der Waals surface area contributed by atoms with Crippen molar-refractivity contribution >= 4 is 34.6 Å². The number of nitrogens with one attached hydrogen (secondary N) is 1. The zero-order valence-electron chi connectivity index (χ0n) is 11.5. The lowest BCUT2D eigenvalue weighted by molar-refractivity contribution is -0.120. The van der Waals surface area contributed by atoms with Gasteiger partial charge in [-0.05, 0) is 40.3 Å². The molecule has 0 aliphatic carbocycles. The molecule has 0 fully saturated rings. The van der Waals surface area contributed by atoms with Gasteiger partial charge in [0.2, 0.25) is 11.5 Å². The van der Waals surface area contributed by atoms with Gasteiger partial charge in [0, 0.05) is 23.8 Å². The summed E-state index contributed by atoms with van der Waals surface area (Å²) < 4.78 is 6.10. The molecule has 0 saturated carbocycles. The maximum absolute atomic E-state index is 11.6. The van der Waals surface area contributed by atoms with Crippen LogP contribution >= 0.6 is 22.6 Å². The van der Waals surface area contributed by atoms with Gasteiger partial charge in [0.15, 0.2) is 0 Å². The smallest absolute Gasteiger partial charge is 0.403 e. The van der Waals surface area contributed by atoms with Crippen molar-refractivity contribution < 1.29 is 14.3 Å². The zero-order chi connectivity index (χ0) is 15.3. The maximum Gasteiger partial charge on any atom is 0.411 e. The van der Waals surface area contributed by atoms with Crippen LogP contribution in [0.25, 0.3) is 0 Å². The van der Waals surface area contributed by atoms with E-state index >= 15 is 0 Å². The molecule has 0 heterocycles. The van der Waals surface area contributed by atoms with Crippen molar-refractivity contribution in [1.29, 1.82) is 0 Å². The Kier molecular flexibility index (Phi) is 5.67. The van der Waals surface area contributed by atoms with Crippen molar-refractivity contribution in [3.63, 3.8) is 0 Å². The average Bonchev–Trinajstić information content (AvgIpc) is 2.28. The first-order valence-electron chi connectivity index (χ1n) is 6.06. The molecule has 1 atom stereocenters. The third kappa shape index (κ3) is 6.14. The summed E-state index contributed by atoms with van der Waals surface area (Å²) in [6, 6.07) is 6.80. The molecule has 20 heavy (non-hydrogen) atoms. The van der Waals surface area contributed by atoms with Gasteiger partial charge in [-0.15, -0.1) is 0 Å². The van der Waals surface area contributed by atoms with Crippen LogP contribution in [0.5, 0.6) is 0 Å². The highest BCUT2D eigenvalue weighted by Gasteiger charge is 2.26. The fourth-order valence-electron chi connectivity index (χ4n) is 1.50. The van der Waals surface area contributed by atoms with E-state index in [4.69, 9.17) is 10.5 Å². The van der Waals surface area contributed by atoms with Gasteiger partial charge < -0.3 is 15.8 Å². The van der Waals surface area contributed by atoms with Crippen LogP contribution in [0.3, 0.4) is 0 Å². The van der Waals surface area contributed by atoms with Crippen LogP contribution in [0, 0.1) is 10.5 Å². The molecule has 0 aliphatic heterocycles. The number of ether oxygens (including phenoxy) is 1. The first-order valence-corrected chi connectivity index (χ1v) is 7.14. The SMILES string of the molecule is [CH2+]C(C)(C)OC(=O)N[C@H](Cc1ccc(I)cc1)C(N)=O. The number of rotatable bonds is 5. The van der Waals surface area contributed by atoms with Gasteiger partial charge in [-0.3, -0.25) is 4.79 Å². The summed E-state index contributed by atoms with van der Waals surface area (Å²) in [4.78, 5) is 23.0. The molecule has 0 saturated heterocycles. The van der Waals surface area contributed by atoms with Crippen LogP contribution in [0.1, 0.15) is 19.4 Å². The van der Waals surface area contributed by atoms with Crippen LogP contribution < -0.4 is 11.1 Å². The van der Waals surface area contributed by atoms with E-state index in [1.807, 2.05) is 24.3 Å². The normalized spacial score (nSPS) is 12.6. The van der Waals surface area contributed by atoms with Crippen molar-refractivity contribution in [2.75, 3.05) is 0 Å². The molecule has 3 N–H and O–H groups in total. The van der Waals surface area contributed by atoms with Crippen molar-refractivity contribution in [3.05, 3.63) is 40.3 Å². The van der Waals surface area contributed by atoms with Crippen LogP contribution in [-0.2, 0) is 16.0 Å².